The van der Waals surface area contributed by atoms with Gasteiger partial charge in [0.05, 0.1) is 11.8 Å². The summed E-state index contributed by atoms with van der Waals surface area (Å²) in [5.41, 5.74) is 6.14. The molecule has 0 aliphatic carbocycles. The van der Waals surface area contributed by atoms with E-state index in [1.54, 1.807) is 20.8 Å². The van der Waals surface area contributed by atoms with Gasteiger partial charge in [0.1, 0.15) is 5.76 Å². The highest BCUT2D eigenvalue weighted by atomic mass is 16.6. The standard InChI is InChI=1S/C12H19N3O4/c1-7(2)18-12(17)14-13-11(16)6-5-10-8(3)15-19-9(10)4/h7H,5-6H2,1-4H3,(H,13,16)(H,14,17). The number of rotatable bonds is 4. The van der Waals surface area contributed by atoms with Gasteiger partial charge in [0.15, 0.2) is 0 Å². The second-order valence-electron chi connectivity index (χ2n) is 4.43. The normalized spacial score (nSPS) is 10.4. The fraction of sp³-hybridized carbons (Fsp3) is 0.583. The molecular weight excluding hydrogens is 250 g/mol. The largest absolute Gasteiger partial charge is 0.446 e. The van der Waals surface area contributed by atoms with Crippen LogP contribution >= 0.6 is 0 Å². The predicted octanol–water partition coefficient (Wildman–Crippen LogP) is 1.39. The van der Waals surface area contributed by atoms with Crippen LogP contribution in [0.3, 0.4) is 0 Å². The van der Waals surface area contributed by atoms with Gasteiger partial charge in [-0.1, -0.05) is 5.16 Å². The van der Waals surface area contributed by atoms with Crippen LogP contribution in [0, 0.1) is 13.8 Å². The maximum atomic E-state index is 11.5. The lowest BCUT2D eigenvalue weighted by Crippen LogP contribution is -2.42. The summed E-state index contributed by atoms with van der Waals surface area (Å²) in [6.45, 7) is 7.06. The number of ether oxygens (including phenoxy) is 1. The number of carbonyl (C=O) groups excluding carboxylic acids is 2. The summed E-state index contributed by atoms with van der Waals surface area (Å²) in [4.78, 5) is 22.6. The molecule has 0 atom stereocenters. The van der Waals surface area contributed by atoms with Crippen molar-refractivity contribution in [2.24, 2.45) is 0 Å². The highest BCUT2D eigenvalue weighted by Gasteiger charge is 2.12. The molecule has 0 bridgehead atoms. The fourth-order valence-corrected chi connectivity index (χ4v) is 1.52. The highest BCUT2D eigenvalue weighted by Crippen LogP contribution is 2.13. The number of hydrogen-bond acceptors (Lipinski definition) is 5. The molecule has 1 aromatic rings. The van der Waals surface area contributed by atoms with Crippen LogP contribution in [0.15, 0.2) is 4.52 Å². The van der Waals surface area contributed by atoms with Crippen molar-refractivity contribution in [3.63, 3.8) is 0 Å². The number of amides is 2. The molecule has 0 aliphatic rings. The summed E-state index contributed by atoms with van der Waals surface area (Å²) in [7, 11) is 0. The Morgan fingerprint density at radius 1 is 1.32 bits per heavy atom. The van der Waals surface area contributed by atoms with Crippen LogP contribution in [0.4, 0.5) is 4.79 Å². The van der Waals surface area contributed by atoms with E-state index in [9.17, 15) is 9.59 Å². The number of nitrogens with zero attached hydrogens (tertiary/aromatic N) is 1. The van der Waals surface area contributed by atoms with Crippen LogP contribution in [-0.4, -0.2) is 23.3 Å². The van der Waals surface area contributed by atoms with Crippen molar-refractivity contribution in [3.05, 3.63) is 17.0 Å². The van der Waals surface area contributed by atoms with Crippen LogP contribution in [0.5, 0.6) is 0 Å². The number of aromatic nitrogens is 1. The molecule has 19 heavy (non-hydrogen) atoms. The van der Waals surface area contributed by atoms with Crippen LogP contribution in [0.1, 0.15) is 37.3 Å². The molecule has 0 aliphatic heterocycles. The van der Waals surface area contributed by atoms with Gasteiger partial charge in [-0.15, -0.1) is 0 Å². The molecule has 0 unspecified atom stereocenters. The summed E-state index contributed by atoms with van der Waals surface area (Å²) in [5.74, 6) is 0.401. The minimum absolute atomic E-state index is 0.227. The summed E-state index contributed by atoms with van der Waals surface area (Å²) in [6.07, 6.45) is -0.182. The first kappa shape index (κ1) is 15.0. The van der Waals surface area contributed by atoms with E-state index in [1.165, 1.54) is 0 Å². The summed E-state index contributed by atoms with van der Waals surface area (Å²) < 4.78 is 9.80. The number of hydrogen-bond donors (Lipinski definition) is 2. The second-order valence-corrected chi connectivity index (χ2v) is 4.43. The Kier molecular flexibility index (Phi) is 5.35. The highest BCUT2D eigenvalue weighted by molar-refractivity contribution is 5.79. The molecule has 1 aromatic heterocycles. The van der Waals surface area contributed by atoms with Crippen molar-refractivity contribution >= 4 is 12.0 Å². The third kappa shape index (κ3) is 4.99. The summed E-state index contributed by atoms with van der Waals surface area (Å²) in [5, 5.41) is 3.80. The average molecular weight is 269 g/mol. The molecule has 2 N–H and O–H groups in total. The molecular formula is C12H19N3O4. The lowest BCUT2D eigenvalue weighted by molar-refractivity contribution is -0.122. The molecule has 1 heterocycles. The molecule has 0 radical (unpaired) electrons. The first-order valence-electron chi connectivity index (χ1n) is 6.07. The Hall–Kier alpha value is -2.05. The SMILES string of the molecule is Cc1noc(C)c1CCC(=O)NNC(=O)OC(C)C. The Balaban J connectivity index is 2.31. The average Bonchev–Trinajstić information content (AvgIpc) is 2.63. The van der Waals surface area contributed by atoms with Crippen molar-refractivity contribution in [1.82, 2.24) is 16.0 Å². The molecule has 0 saturated carbocycles. The lowest BCUT2D eigenvalue weighted by Gasteiger charge is -2.10. The second kappa shape index (κ2) is 6.77. The first-order valence-corrected chi connectivity index (χ1v) is 6.07. The van der Waals surface area contributed by atoms with Crippen molar-refractivity contribution in [1.29, 1.82) is 0 Å². The Bertz CT molecular complexity index is 434. The van der Waals surface area contributed by atoms with Gasteiger partial charge >= 0.3 is 6.09 Å². The van der Waals surface area contributed by atoms with E-state index in [1.807, 2.05) is 6.92 Å². The zero-order valence-electron chi connectivity index (χ0n) is 11.6. The number of aryl methyl sites for hydroxylation is 2. The Morgan fingerprint density at radius 3 is 2.53 bits per heavy atom. The van der Waals surface area contributed by atoms with Gasteiger partial charge in [0.2, 0.25) is 5.91 Å². The van der Waals surface area contributed by atoms with E-state index in [2.05, 4.69) is 16.0 Å². The minimum Gasteiger partial charge on any atom is -0.446 e. The summed E-state index contributed by atoms with van der Waals surface area (Å²) >= 11 is 0. The monoisotopic (exact) mass is 269 g/mol. The van der Waals surface area contributed by atoms with Crippen LogP contribution in [0.25, 0.3) is 0 Å². The van der Waals surface area contributed by atoms with Gasteiger partial charge in [0.25, 0.3) is 0 Å². The van der Waals surface area contributed by atoms with Crippen LogP contribution < -0.4 is 10.9 Å². The van der Waals surface area contributed by atoms with Gasteiger partial charge in [-0.05, 0) is 34.1 Å². The topological polar surface area (TPSA) is 93.5 Å². The molecule has 0 saturated heterocycles. The molecule has 2 amide bonds. The van der Waals surface area contributed by atoms with Crippen molar-refractivity contribution < 1.29 is 18.8 Å². The van der Waals surface area contributed by atoms with Crippen LogP contribution in [-0.2, 0) is 16.0 Å². The van der Waals surface area contributed by atoms with Crippen LogP contribution in [0.2, 0.25) is 0 Å². The zero-order valence-corrected chi connectivity index (χ0v) is 11.6. The zero-order chi connectivity index (χ0) is 14.4. The van der Waals surface area contributed by atoms with E-state index in [0.29, 0.717) is 12.2 Å². The third-order valence-corrected chi connectivity index (χ3v) is 2.43. The maximum Gasteiger partial charge on any atom is 0.426 e. The molecule has 7 nitrogen and oxygen atoms in total. The molecule has 106 valence electrons. The molecule has 0 aromatic carbocycles. The minimum atomic E-state index is -0.680. The molecule has 7 heteroatoms. The van der Waals surface area contributed by atoms with Gasteiger partial charge in [-0.3, -0.25) is 10.2 Å². The number of carbonyl (C=O) groups is 2. The number of nitrogens with one attached hydrogen (secondary N) is 2. The summed E-state index contributed by atoms with van der Waals surface area (Å²) in [6, 6.07) is 0. The van der Waals surface area contributed by atoms with E-state index in [4.69, 9.17) is 9.26 Å². The fourth-order valence-electron chi connectivity index (χ4n) is 1.52. The molecule has 1 rings (SSSR count). The van der Waals surface area contributed by atoms with E-state index in [0.717, 1.165) is 11.3 Å². The quantitative estimate of drug-likeness (QED) is 0.806. The van der Waals surface area contributed by atoms with Gasteiger partial charge in [0, 0.05) is 12.0 Å². The lowest BCUT2D eigenvalue weighted by atomic mass is 10.1. The predicted molar refractivity (Wildman–Crippen MR) is 67.2 cm³/mol. The first-order chi connectivity index (χ1) is 8.90. The van der Waals surface area contributed by atoms with Gasteiger partial charge < -0.3 is 9.26 Å². The van der Waals surface area contributed by atoms with Crippen molar-refractivity contribution in [2.45, 2.75) is 46.6 Å². The van der Waals surface area contributed by atoms with Gasteiger partial charge in [-0.25, -0.2) is 10.2 Å². The van der Waals surface area contributed by atoms with E-state index in [-0.39, 0.29) is 18.4 Å². The van der Waals surface area contributed by atoms with Gasteiger partial charge in [-0.2, -0.15) is 0 Å². The maximum absolute atomic E-state index is 11.5. The smallest absolute Gasteiger partial charge is 0.426 e. The molecule has 0 fully saturated rings. The number of hydrazine groups is 1. The Labute approximate surface area is 111 Å². The van der Waals surface area contributed by atoms with E-state index < -0.39 is 6.09 Å². The van der Waals surface area contributed by atoms with Crippen molar-refractivity contribution in [3.8, 4) is 0 Å². The Morgan fingerprint density at radius 2 is 2.00 bits per heavy atom. The van der Waals surface area contributed by atoms with E-state index >= 15 is 0 Å². The molecule has 0 spiro atoms. The van der Waals surface area contributed by atoms with Crippen molar-refractivity contribution in [2.75, 3.05) is 0 Å². The third-order valence-electron chi connectivity index (χ3n) is 2.43.